The molecule has 5 rings (SSSR count). The second kappa shape index (κ2) is 8.04. The predicted octanol–water partition coefficient (Wildman–Crippen LogP) is 4.09. The van der Waals surface area contributed by atoms with Crippen molar-refractivity contribution in [3.63, 3.8) is 0 Å². The van der Waals surface area contributed by atoms with Crippen molar-refractivity contribution in [3.05, 3.63) is 51.9 Å². The van der Waals surface area contributed by atoms with Crippen molar-refractivity contribution < 1.29 is 9.90 Å². The summed E-state index contributed by atoms with van der Waals surface area (Å²) in [7, 11) is 0. The van der Waals surface area contributed by atoms with E-state index in [9.17, 15) is 5.11 Å². The van der Waals surface area contributed by atoms with E-state index in [-0.39, 0.29) is 12.1 Å². The van der Waals surface area contributed by atoms with Gasteiger partial charge in [0.25, 0.3) is 0 Å². The zero-order valence-corrected chi connectivity index (χ0v) is 17.7. The van der Waals surface area contributed by atoms with Gasteiger partial charge in [0.2, 0.25) is 0 Å². The van der Waals surface area contributed by atoms with E-state index in [1.54, 1.807) is 11.3 Å². The summed E-state index contributed by atoms with van der Waals surface area (Å²) in [6.07, 6.45) is 7.09. The molecule has 2 aromatic rings. The number of fused-ring (bicyclic) bond motifs is 1. The van der Waals surface area contributed by atoms with Crippen LogP contribution in [0.1, 0.15) is 66.8 Å². The zero-order valence-electron chi connectivity index (χ0n) is 16.9. The third kappa shape index (κ3) is 3.90. The highest BCUT2D eigenvalue weighted by atomic mass is 32.1. The second-order valence-corrected chi connectivity index (χ2v) is 9.67. The number of benzene rings is 1. The third-order valence-corrected chi connectivity index (χ3v) is 7.54. The van der Waals surface area contributed by atoms with Gasteiger partial charge in [-0.1, -0.05) is 43.2 Å². The normalized spacial score (nSPS) is 26.6. The van der Waals surface area contributed by atoms with Gasteiger partial charge in [0, 0.05) is 17.6 Å². The Morgan fingerprint density at radius 2 is 2.00 bits per heavy atom. The van der Waals surface area contributed by atoms with Crippen LogP contribution in [0.3, 0.4) is 0 Å². The van der Waals surface area contributed by atoms with Gasteiger partial charge >= 0.3 is 5.71 Å². The SMILES string of the molecule is CC1CC(c2sc(NC3CCCC3)c3c2CC(Cc2ccccc2)NC3O)=[N+]=N1. The zero-order chi connectivity index (χ0) is 19.8. The fraction of sp³-hybridized carbons (Fsp3) is 0.522. The van der Waals surface area contributed by atoms with Crippen molar-refractivity contribution in [2.75, 3.05) is 5.32 Å². The summed E-state index contributed by atoms with van der Waals surface area (Å²) in [6.45, 7) is 2.11. The molecule has 152 valence electrons. The molecule has 3 atom stereocenters. The smallest absolute Gasteiger partial charge is 0.361 e. The second-order valence-electron chi connectivity index (χ2n) is 8.65. The number of nitrogens with zero attached hydrogens (tertiary/aromatic N) is 2. The van der Waals surface area contributed by atoms with Crippen LogP contribution in [0, 0.1) is 0 Å². The van der Waals surface area contributed by atoms with E-state index in [1.165, 1.54) is 41.7 Å². The van der Waals surface area contributed by atoms with Crippen molar-refractivity contribution >= 4 is 22.0 Å². The average molecular weight is 410 g/mol. The molecule has 1 aliphatic carbocycles. The van der Waals surface area contributed by atoms with Crippen molar-refractivity contribution in [2.24, 2.45) is 5.11 Å². The number of anilines is 1. The molecule has 1 aromatic heterocycles. The maximum Gasteiger partial charge on any atom is 0.361 e. The monoisotopic (exact) mass is 409 g/mol. The number of thiophene rings is 1. The van der Waals surface area contributed by atoms with Gasteiger partial charge in [-0.3, -0.25) is 5.32 Å². The fourth-order valence-electron chi connectivity index (χ4n) is 4.88. The number of hydrogen-bond acceptors (Lipinski definition) is 5. The molecule has 0 saturated heterocycles. The van der Waals surface area contributed by atoms with Crippen molar-refractivity contribution in [1.82, 2.24) is 5.32 Å². The number of hydrogen-bond donors (Lipinski definition) is 3. The van der Waals surface area contributed by atoms with Crippen LogP contribution in [0.4, 0.5) is 5.00 Å². The van der Waals surface area contributed by atoms with Crippen LogP contribution in [0.2, 0.25) is 0 Å². The molecule has 0 bridgehead atoms. The molecule has 2 aliphatic heterocycles. The number of rotatable bonds is 5. The first-order valence-corrected chi connectivity index (χ1v) is 11.7. The third-order valence-electron chi connectivity index (χ3n) is 6.31. The number of aliphatic hydroxyl groups excluding tert-OH is 1. The highest BCUT2D eigenvalue weighted by Gasteiger charge is 2.38. The molecule has 0 amide bonds. The standard InChI is InChI=1S/C23H28N4OS/c1-14-11-19(27-26-14)21-18-13-17(12-15-7-3-2-4-8-15)24-22(28)20(18)23(29-21)25-16-9-5-6-10-16/h2-4,7-8,14,16-17,22,24,28H,5-6,9-13H2,1H3/p+1. The Morgan fingerprint density at radius 1 is 1.21 bits per heavy atom. The molecule has 3 aliphatic rings. The van der Waals surface area contributed by atoms with E-state index in [0.29, 0.717) is 6.04 Å². The van der Waals surface area contributed by atoms with Crippen LogP contribution in [-0.2, 0) is 12.8 Å². The Hall–Kier alpha value is -1.98. The maximum atomic E-state index is 11.1. The summed E-state index contributed by atoms with van der Waals surface area (Å²) >= 11 is 1.77. The summed E-state index contributed by atoms with van der Waals surface area (Å²) in [5.41, 5.74) is 4.70. The molecule has 5 nitrogen and oxygen atoms in total. The first-order valence-electron chi connectivity index (χ1n) is 10.8. The van der Waals surface area contributed by atoms with Gasteiger partial charge in [0.15, 0.2) is 0 Å². The Kier molecular flexibility index (Phi) is 5.27. The molecule has 3 unspecified atom stereocenters. The molecule has 6 heteroatoms. The van der Waals surface area contributed by atoms with Crippen molar-refractivity contribution in [1.29, 1.82) is 0 Å². The van der Waals surface area contributed by atoms with Crippen LogP contribution in [0.5, 0.6) is 0 Å². The van der Waals surface area contributed by atoms with E-state index < -0.39 is 6.23 Å². The molecule has 1 aromatic carbocycles. The van der Waals surface area contributed by atoms with Crippen LogP contribution >= 0.6 is 11.3 Å². The average Bonchev–Trinajstić information content (AvgIpc) is 3.44. The molecule has 0 spiro atoms. The van der Waals surface area contributed by atoms with Crippen molar-refractivity contribution in [2.45, 2.75) is 76.2 Å². The molecule has 0 radical (unpaired) electrons. The van der Waals surface area contributed by atoms with Gasteiger partial charge < -0.3 is 10.4 Å². The van der Waals surface area contributed by atoms with Gasteiger partial charge in [0.1, 0.15) is 17.1 Å². The maximum absolute atomic E-state index is 11.1. The Bertz CT molecular complexity index is 941. The van der Waals surface area contributed by atoms with Crippen LogP contribution in [0.15, 0.2) is 35.4 Å². The van der Waals surface area contributed by atoms with Gasteiger partial charge in [-0.05, 0) is 43.7 Å². The van der Waals surface area contributed by atoms with Gasteiger partial charge in [0.05, 0.1) is 21.3 Å². The molecule has 1 fully saturated rings. The Balaban J connectivity index is 1.47. The first kappa shape index (κ1) is 19.0. The van der Waals surface area contributed by atoms with Gasteiger partial charge in [-0.25, -0.2) is 0 Å². The Labute approximate surface area is 176 Å². The Morgan fingerprint density at radius 3 is 2.72 bits per heavy atom. The van der Waals surface area contributed by atoms with E-state index in [4.69, 9.17) is 0 Å². The number of nitrogens with one attached hydrogen (secondary N) is 2. The highest BCUT2D eigenvalue weighted by Crippen LogP contribution is 2.42. The predicted molar refractivity (Wildman–Crippen MR) is 117 cm³/mol. The van der Waals surface area contributed by atoms with Gasteiger partial charge in [-0.2, -0.15) is 0 Å². The van der Waals surface area contributed by atoms with E-state index in [2.05, 4.69) is 51.7 Å². The summed E-state index contributed by atoms with van der Waals surface area (Å²) in [6, 6.07) is 11.5. The van der Waals surface area contributed by atoms with Crippen LogP contribution in [-0.4, -0.2) is 33.7 Å². The molecule has 29 heavy (non-hydrogen) atoms. The molecule has 3 N–H and O–H groups in total. The molecule has 1 saturated carbocycles. The minimum Gasteiger partial charge on any atom is -0.374 e. The largest absolute Gasteiger partial charge is 0.374 e. The van der Waals surface area contributed by atoms with E-state index in [1.807, 2.05) is 6.07 Å². The van der Waals surface area contributed by atoms with E-state index >= 15 is 0 Å². The molecular formula is C23H29N4OS+. The lowest BCUT2D eigenvalue weighted by Crippen LogP contribution is -2.41. The lowest BCUT2D eigenvalue weighted by molar-refractivity contribution is -0.0822. The molecular weight excluding hydrogens is 380 g/mol. The summed E-state index contributed by atoms with van der Waals surface area (Å²) in [5.74, 6) is 0. The quantitative estimate of drug-likeness (QED) is 0.652. The van der Waals surface area contributed by atoms with E-state index in [0.717, 1.165) is 35.5 Å². The van der Waals surface area contributed by atoms with Gasteiger partial charge in [-0.15, -0.1) is 11.3 Å². The minimum absolute atomic E-state index is 0.212. The first-order chi connectivity index (χ1) is 14.2. The molecule has 3 heterocycles. The lowest BCUT2D eigenvalue weighted by atomic mass is 9.90. The fourth-order valence-corrected chi connectivity index (χ4v) is 6.21. The summed E-state index contributed by atoms with van der Waals surface area (Å²) in [5, 5.41) is 23.8. The number of aliphatic hydroxyl groups is 1. The topological polar surface area (TPSA) is 70.8 Å². The van der Waals surface area contributed by atoms with Crippen molar-refractivity contribution in [3.8, 4) is 0 Å². The van der Waals surface area contributed by atoms with Crippen LogP contribution < -0.4 is 10.6 Å². The highest BCUT2D eigenvalue weighted by molar-refractivity contribution is 7.18. The summed E-state index contributed by atoms with van der Waals surface area (Å²) in [4.78, 5) is 5.73. The lowest BCUT2D eigenvalue weighted by Gasteiger charge is -2.30. The summed E-state index contributed by atoms with van der Waals surface area (Å²) < 4.78 is 0. The minimum atomic E-state index is -0.641. The van der Waals surface area contributed by atoms with Crippen LogP contribution in [0.25, 0.3) is 0 Å².